The summed E-state index contributed by atoms with van der Waals surface area (Å²) in [7, 11) is 1.44. The van der Waals surface area contributed by atoms with E-state index in [9.17, 15) is 4.39 Å². The Morgan fingerprint density at radius 2 is 2.00 bits per heavy atom. The van der Waals surface area contributed by atoms with Crippen LogP contribution in [0.1, 0.15) is 17.2 Å². The molecule has 2 rings (SSSR count). The molecule has 0 saturated carbocycles. The van der Waals surface area contributed by atoms with Crippen LogP contribution in [0.5, 0.6) is 5.75 Å². The van der Waals surface area contributed by atoms with Gasteiger partial charge >= 0.3 is 0 Å². The van der Waals surface area contributed by atoms with Crippen LogP contribution in [-0.2, 0) is 6.42 Å². The molecule has 0 amide bonds. The van der Waals surface area contributed by atoms with Crippen LogP contribution < -0.4 is 10.5 Å². The molecule has 0 bridgehead atoms. The van der Waals surface area contributed by atoms with Crippen LogP contribution in [0, 0.1) is 5.82 Å². The summed E-state index contributed by atoms with van der Waals surface area (Å²) in [5, 5.41) is 0. The molecule has 3 nitrogen and oxygen atoms in total. The Morgan fingerprint density at radius 3 is 2.67 bits per heavy atom. The molecule has 1 atom stereocenters. The van der Waals surface area contributed by atoms with Crippen molar-refractivity contribution in [3.63, 3.8) is 0 Å². The van der Waals surface area contributed by atoms with Gasteiger partial charge < -0.3 is 10.5 Å². The Balaban J connectivity index is 2.16. The zero-order chi connectivity index (χ0) is 13.0. The molecular weight excluding hydrogens is 231 g/mol. The van der Waals surface area contributed by atoms with Crippen LogP contribution in [0.3, 0.4) is 0 Å². The first-order chi connectivity index (χ1) is 8.70. The summed E-state index contributed by atoms with van der Waals surface area (Å²) in [6.07, 6.45) is 4.14. The number of halogens is 1. The van der Waals surface area contributed by atoms with E-state index in [2.05, 4.69) is 4.98 Å². The topological polar surface area (TPSA) is 48.1 Å². The predicted octanol–water partition coefficient (Wildman–Crippen LogP) is 2.47. The summed E-state index contributed by atoms with van der Waals surface area (Å²) in [5.41, 5.74) is 8.05. The van der Waals surface area contributed by atoms with Crippen molar-refractivity contribution in [2.45, 2.75) is 12.5 Å². The lowest BCUT2D eigenvalue weighted by Gasteiger charge is -2.13. The standard InChI is InChI=1S/C14H15FN2O/c1-18-14-9-11(2-3-12(14)15)13(16)8-10-4-6-17-7-5-10/h2-7,9,13H,8,16H2,1H3. The molecule has 18 heavy (non-hydrogen) atoms. The molecule has 0 aliphatic heterocycles. The predicted molar refractivity (Wildman–Crippen MR) is 67.8 cm³/mol. The first kappa shape index (κ1) is 12.5. The third kappa shape index (κ3) is 2.84. The summed E-state index contributed by atoms with van der Waals surface area (Å²) in [6, 6.07) is 8.34. The average Bonchev–Trinajstić information content (AvgIpc) is 2.40. The third-order valence-corrected chi connectivity index (χ3v) is 2.81. The molecule has 94 valence electrons. The number of hydrogen-bond donors (Lipinski definition) is 1. The normalized spacial score (nSPS) is 12.2. The number of rotatable bonds is 4. The van der Waals surface area contributed by atoms with Crippen molar-refractivity contribution in [3.8, 4) is 5.75 Å². The van der Waals surface area contributed by atoms with Crippen LogP contribution in [0.15, 0.2) is 42.7 Å². The first-order valence-corrected chi connectivity index (χ1v) is 5.68. The van der Waals surface area contributed by atoms with Crippen molar-refractivity contribution < 1.29 is 9.13 Å². The Hall–Kier alpha value is -1.94. The summed E-state index contributed by atoms with van der Waals surface area (Å²) in [5.74, 6) is -0.157. The van der Waals surface area contributed by atoms with Crippen LogP contribution in [0.4, 0.5) is 4.39 Å². The van der Waals surface area contributed by atoms with Crippen molar-refractivity contribution in [2.24, 2.45) is 5.73 Å². The minimum Gasteiger partial charge on any atom is -0.494 e. The van der Waals surface area contributed by atoms with Gasteiger partial charge in [0, 0.05) is 18.4 Å². The van der Waals surface area contributed by atoms with E-state index in [0.29, 0.717) is 6.42 Å². The fourth-order valence-corrected chi connectivity index (χ4v) is 1.80. The molecule has 0 saturated heterocycles. The fraction of sp³-hybridized carbons (Fsp3) is 0.214. The van der Waals surface area contributed by atoms with Crippen molar-refractivity contribution in [2.75, 3.05) is 7.11 Å². The maximum absolute atomic E-state index is 13.3. The lowest BCUT2D eigenvalue weighted by Crippen LogP contribution is -2.13. The SMILES string of the molecule is COc1cc(C(N)Cc2ccncc2)ccc1F. The molecule has 1 aromatic heterocycles. The van der Waals surface area contributed by atoms with Gasteiger partial charge in [0.1, 0.15) is 0 Å². The van der Waals surface area contributed by atoms with Crippen molar-refractivity contribution >= 4 is 0 Å². The highest BCUT2D eigenvalue weighted by Crippen LogP contribution is 2.23. The van der Waals surface area contributed by atoms with Gasteiger partial charge in [-0.3, -0.25) is 4.98 Å². The zero-order valence-corrected chi connectivity index (χ0v) is 10.1. The highest BCUT2D eigenvalue weighted by Gasteiger charge is 2.10. The van der Waals surface area contributed by atoms with E-state index in [1.807, 2.05) is 12.1 Å². The maximum atomic E-state index is 13.3. The van der Waals surface area contributed by atoms with E-state index >= 15 is 0 Å². The molecule has 0 spiro atoms. The summed E-state index contributed by atoms with van der Waals surface area (Å²) < 4.78 is 18.2. The largest absolute Gasteiger partial charge is 0.494 e. The molecule has 1 heterocycles. The molecule has 4 heteroatoms. The summed E-state index contributed by atoms with van der Waals surface area (Å²) >= 11 is 0. The Morgan fingerprint density at radius 1 is 1.28 bits per heavy atom. The molecular formula is C14H15FN2O. The molecule has 0 fully saturated rings. The molecule has 0 radical (unpaired) electrons. The number of hydrogen-bond acceptors (Lipinski definition) is 3. The number of nitrogens with zero attached hydrogens (tertiary/aromatic N) is 1. The second-order valence-corrected chi connectivity index (χ2v) is 4.06. The van der Waals surface area contributed by atoms with Gasteiger partial charge in [0.15, 0.2) is 11.6 Å². The van der Waals surface area contributed by atoms with E-state index in [1.165, 1.54) is 13.2 Å². The van der Waals surface area contributed by atoms with Crippen molar-refractivity contribution in [1.82, 2.24) is 4.98 Å². The number of aromatic nitrogens is 1. The minimum absolute atomic E-state index is 0.193. The highest BCUT2D eigenvalue weighted by atomic mass is 19.1. The first-order valence-electron chi connectivity index (χ1n) is 5.68. The molecule has 2 aromatic rings. The van der Waals surface area contributed by atoms with E-state index in [0.717, 1.165) is 11.1 Å². The number of methoxy groups -OCH3 is 1. The third-order valence-electron chi connectivity index (χ3n) is 2.81. The minimum atomic E-state index is -0.377. The summed E-state index contributed by atoms with van der Waals surface area (Å²) in [6.45, 7) is 0. The molecule has 0 aliphatic carbocycles. The van der Waals surface area contributed by atoms with Crippen molar-refractivity contribution in [3.05, 3.63) is 59.7 Å². The van der Waals surface area contributed by atoms with Gasteiger partial charge in [0.05, 0.1) is 7.11 Å². The average molecular weight is 246 g/mol. The van der Waals surface area contributed by atoms with Crippen LogP contribution in [-0.4, -0.2) is 12.1 Å². The van der Waals surface area contributed by atoms with Crippen LogP contribution >= 0.6 is 0 Å². The zero-order valence-electron chi connectivity index (χ0n) is 10.1. The van der Waals surface area contributed by atoms with Crippen LogP contribution in [0.25, 0.3) is 0 Å². The quantitative estimate of drug-likeness (QED) is 0.901. The summed E-state index contributed by atoms with van der Waals surface area (Å²) in [4.78, 5) is 3.95. The van der Waals surface area contributed by atoms with Gasteiger partial charge in [0.2, 0.25) is 0 Å². The number of benzene rings is 1. The van der Waals surface area contributed by atoms with E-state index in [4.69, 9.17) is 10.5 Å². The van der Waals surface area contributed by atoms with Gasteiger partial charge in [-0.25, -0.2) is 4.39 Å². The number of ether oxygens (including phenoxy) is 1. The smallest absolute Gasteiger partial charge is 0.165 e. The lowest BCUT2D eigenvalue weighted by molar-refractivity contribution is 0.385. The van der Waals surface area contributed by atoms with Gasteiger partial charge in [-0.1, -0.05) is 6.07 Å². The van der Waals surface area contributed by atoms with Gasteiger partial charge in [-0.05, 0) is 41.8 Å². The van der Waals surface area contributed by atoms with Gasteiger partial charge in [0.25, 0.3) is 0 Å². The second kappa shape index (κ2) is 5.60. The Labute approximate surface area is 105 Å². The van der Waals surface area contributed by atoms with E-state index < -0.39 is 0 Å². The molecule has 1 aromatic carbocycles. The highest BCUT2D eigenvalue weighted by molar-refractivity contribution is 5.32. The number of pyridine rings is 1. The van der Waals surface area contributed by atoms with Crippen LogP contribution in [0.2, 0.25) is 0 Å². The van der Waals surface area contributed by atoms with E-state index in [-0.39, 0.29) is 17.6 Å². The molecule has 2 N–H and O–H groups in total. The van der Waals surface area contributed by atoms with Gasteiger partial charge in [-0.2, -0.15) is 0 Å². The monoisotopic (exact) mass is 246 g/mol. The molecule has 1 unspecified atom stereocenters. The van der Waals surface area contributed by atoms with E-state index in [1.54, 1.807) is 24.5 Å². The lowest BCUT2D eigenvalue weighted by atomic mass is 10.00. The van der Waals surface area contributed by atoms with Gasteiger partial charge in [-0.15, -0.1) is 0 Å². The Bertz CT molecular complexity index is 516. The molecule has 0 aliphatic rings. The van der Waals surface area contributed by atoms with Crippen molar-refractivity contribution in [1.29, 1.82) is 0 Å². The number of nitrogens with two attached hydrogens (primary N) is 1. The fourth-order valence-electron chi connectivity index (χ4n) is 1.80. The maximum Gasteiger partial charge on any atom is 0.165 e. The second-order valence-electron chi connectivity index (χ2n) is 4.06. The Kier molecular flexibility index (Phi) is 3.89.